The smallest absolute Gasteiger partial charge is 0.261 e. The number of ether oxygens (including phenoxy) is 1. The molecule has 0 aliphatic carbocycles. The van der Waals surface area contributed by atoms with Gasteiger partial charge in [-0.3, -0.25) is 4.72 Å². The predicted octanol–water partition coefficient (Wildman–Crippen LogP) is 6.26. The fourth-order valence-corrected chi connectivity index (χ4v) is 5.30. The summed E-state index contributed by atoms with van der Waals surface area (Å²) < 4.78 is 34.5. The number of hydrogen-bond acceptors (Lipinski definition) is 6. The summed E-state index contributed by atoms with van der Waals surface area (Å²) in [5.74, 6) is 1.24. The molecule has 2 heterocycles. The van der Waals surface area contributed by atoms with Gasteiger partial charge in [0.15, 0.2) is 0 Å². The van der Waals surface area contributed by atoms with Crippen LogP contribution in [-0.2, 0) is 10.0 Å². The van der Waals surface area contributed by atoms with E-state index in [1.54, 1.807) is 24.4 Å². The molecule has 0 saturated heterocycles. The monoisotopic (exact) mass is 473 g/mol. The first-order valence-electron chi connectivity index (χ1n) is 10.2. The van der Waals surface area contributed by atoms with E-state index < -0.39 is 10.0 Å². The van der Waals surface area contributed by atoms with Gasteiger partial charge in [0.25, 0.3) is 10.0 Å². The van der Waals surface area contributed by atoms with Gasteiger partial charge in [-0.25, -0.2) is 18.4 Å². The summed E-state index contributed by atoms with van der Waals surface area (Å²) in [5, 5.41) is 0.784. The Kier molecular flexibility index (Phi) is 5.53. The molecule has 164 valence electrons. The van der Waals surface area contributed by atoms with Gasteiger partial charge in [-0.2, -0.15) is 0 Å². The van der Waals surface area contributed by atoms with Gasteiger partial charge in [-0.05, 0) is 67.1 Å². The molecular formula is C25H19N3O3S2. The fraction of sp³-hybridized carbons (Fsp3) is 0.0400. The van der Waals surface area contributed by atoms with Crippen molar-refractivity contribution >= 4 is 37.4 Å². The Morgan fingerprint density at radius 1 is 0.879 bits per heavy atom. The molecule has 0 radical (unpaired) electrons. The van der Waals surface area contributed by atoms with Gasteiger partial charge in [0, 0.05) is 11.8 Å². The summed E-state index contributed by atoms with van der Waals surface area (Å²) in [6.45, 7) is 1.86. The molecule has 8 heteroatoms. The normalized spacial score (nSPS) is 11.4. The Balaban J connectivity index is 1.39. The highest BCUT2D eigenvalue weighted by Crippen LogP contribution is 2.32. The molecule has 0 amide bonds. The van der Waals surface area contributed by atoms with Gasteiger partial charge < -0.3 is 4.74 Å². The Morgan fingerprint density at radius 2 is 1.64 bits per heavy atom. The van der Waals surface area contributed by atoms with Crippen molar-refractivity contribution in [1.82, 2.24) is 9.97 Å². The summed E-state index contributed by atoms with van der Waals surface area (Å²) in [4.78, 5) is 9.94. The lowest BCUT2D eigenvalue weighted by atomic mass is 10.1. The summed E-state index contributed by atoms with van der Waals surface area (Å²) in [7, 11) is -3.78. The number of para-hydroxylation sites is 1. The molecule has 0 aliphatic heterocycles. The first-order valence-corrected chi connectivity index (χ1v) is 12.5. The van der Waals surface area contributed by atoms with Crippen LogP contribution in [0, 0.1) is 6.92 Å². The first-order chi connectivity index (χ1) is 16.0. The zero-order chi connectivity index (χ0) is 22.8. The highest BCUT2D eigenvalue weighted by atomic mass is 32.2. The third-order valence-electron chi connectivity index (χ3n) is 5.01. The van der Waals surface area contributed by atoms with E-state index in [4.69, 9.17) is 4.74 Å². The molecule has 0 bridgehead atoms. The minimum Gasteiger partial charge on any atom is -0.457 e. The number of anilines is 1. The average Bonchev–Trinajstić information content (AvgIpc) is 3.26. The van der Waals surface area contributed by atoms with Gasteiger partial charge in [0.2, 0.25) is 0 Å². The van der Waals surface area contributed by atoms with Crippen molar-refractivity contribution in [1.29, 1.82) is 0 Å². The number of fused-ring (bicyclic) bond motifs is 1. The van der Waals surface area contributed by atoms with Crippen LogP contribution in [0.2, 0.25) is 0 Å². The van der Waals surface area contributed by atoms with Gasteiger partial charge in [0.05, 0.1) is 10.6 Å². The van der Waals surface area contributed by atoms with Crippen molar-refractivity contribution in [3.63, 3.8) is 0 Å². The number of aryl methyl sites for hydroxylation is 1. The molecule has 5 aromatic rings. The molecule has 3 aromatic carbocycles. The third-order valence-corrected chi connectivity index (χ3v) is 7.42. The SMILES string of the molecule is Cc1ccc(-c2nc3cccnc3s2)cc1NS(=O)(=O)c1ccc(Oc2ccccc2)cc1. The summed E-state index contributed by atoms with van der Waals surface area (Å²) in [6, 6.07) is 25.0. The Labute approximate surface area is 195 Å². The second-order valence-electron chi connectivity index (χ2n) is 7.37. The van der Waals surface area contributed by atoms with E-state index >= 15 is 0 Å². The van der Waals surface area contributed by atoms with Crippen LogP contribution in [0.1, 0.15) is 5.56 Å². The number of pyridine rings is 1. The number of hydrogen-bond donors (Lipinski definition) is 1. The topological polar surface area (TPSA) is 81.2 Å². The van der Waals surface area contributed by atoms with Crippen LogP contribution in [0.25, 0.3) is 20.9 Å². The van der Waals surface area contributed by atoms with Crippen LogP contribution in [0.4, 0.5) is 5.69 Å². The van der Waals surface area contributed by atoms with E-state index in [9.17, 15) is 8.42 Å². The lowest BCUT2D eigenvalue weighted by Crippen LogP contribution is -2.13. The summed E-state index contributed by atoms with van der Waals surface area (Å²) in [6.07, 6.45) is 1.73. The van der Waals surface area contributed by atoms with E-state index in [1.807, 2.05) is 61.5 Å². The summed E-state index contributed by atoms with van der Waals surface area (Å²) in [5.41, 5.74) is 2.96. The Hall–Kier alpha value is -3.75. The van der Waals surface area contributed by atoms with Crippen molar-refractivity contribution < 1.29 is 13.2 Å². The minimum atomic E-state index is -3.78. The van der Waals surface area contributed by atoms with Crippen LogP contribution in [0.5, 0.6) is 11.5 Å². The van der Waals surface area contributed by atoms with Gasteiger partial charge in [0.1, 0.15) is 26.9 Å². The number of nitrogens with zero attached hydrogens (tertiary/aromatic N) is 2. The minimum absolute atomic E-state index is 0.150. The zero-order valence-corrected chi connectivity index (χ0v) is 19.2. The number of nitrogens with one attached hydrogen (secondary N) is 1. The van der Waals surface area contributed by atoms with Crippen molar-refractivity contribution in [2.45, 2.75) is 11.8 Å². The third kappa shape index (κ3) is 4.57. The Bertz CT molecular complexity index is 1500. The van der Waals surface area contributed by atoms with E-state index in [0.717, 1.165) is 26.5 Å². The Morgan fingerprint density at radius 3 is 2.39 bits per heavy atom. The number of aromatic nitrogens is 2. The second kappa shape index (κ2) is 8.65. The van der Waals surface area contributed by atoms with Crippen LogP contribution in [0.3, 0.4) is 0 Å². The molecule has 0 aliphatic rings. The van der Waals surface area contributed by atoms with Gasteiger partial charge in [-0.15, -0.1) is 0 Å². The van der Waals surface area contributed by atoms with Crippen LogP contribution in [-0.4, -0.2) is 18.4 Å². The maximum absolute atomic E-state index is 13.0. The van der Waals surface area contributed by atoms with Crippen molar-refractivity contribution in [3.8, 4) is 22.1 Å². The summed E-state index contributed by atoms with van der Waals surface area (Å²) >= 11 is 1.47. The predicted molar refractivity (Wildman–Crippen MR) is 131 cm³/mol. The van der Waals surface area contributed by atoms with Crippen LogP contribution in [0.15, 0.2) is 96.0 Å². The van der Waals surface area contributed by atoms with Crippen LogP contribution >= 0.6 is 11.3 Å². The standard InChI is InChI=1S/C25H19N3O3S2/c1-17-9-10-18(24-27-22-8-5-15-26-25(22)32-24)16-23(17)28-33(29,30)21-13-11-20(12-14-21)31-19-6-3-2-4-7-19/h2-16,28H,1H3. The molecule has 6 nitrogen and oxygen atoms in total. The molecule has 0 saturated carbocycles. The van der Waals surface area contributed by atoms with Gasteiger partial charge in [-0.1, -0.05) is 41.7 Å². The molecule has 0 spiro atoms. The van der Waals surface area contributed by atoms with E-state index in [1.165, 1.54) is 23.5 Å². The molecule has 1 N–H and O–H groups in total. The highest BCUT2D eigenvalue weighted by molar-refractivity contribution is 7.92. The molecule has 33 heavy (non-hydrogen) atoms. The largest absolute Gasteiger partial charge is 0.457 e. The number of rotatable bonds is 6. The van der Waals surface area contributed by atoms with E-state index in [0.29, 0.717) is 17.2 Å². The molecule has 0 unspecified atom stereocenters. The van der Waals surface area contributed by atoms with Gasteiger partial charge >= 0.3 is 0 Å². The highest BCUT2D eigenvalue weighted by Gasteiger charge is 2.17. The quantitative estimate of drug-likeness (QED) is 0.315. The maximum atomic E-state index is 13.0. The lowest BCUT2D eigenvalue weighted by Gasteiger charge is -2.12. The lowest BCUT2D eigenvalue weighted by molar-refractivity contribution is 0.482. The average molecular weight is 474 g/mol. The van der Waals surface area contributed by atoms with Crippen molar-refractivity contribution in [2.75, 3.05) is 4.72 Å². The second-order valence-corrected chi connectivity index (χ2v) is 10.0. The number of benzene rings is 3. The van der Waals surface area contributed by atoms with Crippen molar-refractivity contribution in [2.24, 2.45) is 0 Å². The van der Waals surface area contributed by atoms with E-state index in [2.05, 4.69) is 14.7 Å². The molecule has 2 aromatic heterocycles. The number of sulfonamides is 1. The molecule has 0 atom stereocenters. The van der Waals surface area contributed by atoms with Crippen LogP contribution < -0.4 is 9.46 Å². The fourth-order valence-electron chi connectivity index (χ4n) is 3.27. The first kappa shape index (κ1) is 21.1. The molecule has 0 fully saturated rings. The molecular weight excluding hydrogens is 454 g/mol. The van der Waals surface area contributed by atoms with E-state index in [-0.39, 0.29) is 4.90 Å². The zero-order valence-electron chi connectivity index (χ0n) is 17.6. The maximum Gasteiger partial charge on any atom is 0.261 e. The van der Waals surface area contributed by atoms with Crippen molar-refractivity contribution in [3.05, 3.63) is 96.7 Å². The number of thiazole rings is 1. The molecule has 5 rings (SSSR count).